The molecule has 1 heterocycles. The number of hydrogen-bond acceptors (Lipinski definition) is 2. The van der Waals surface area contributed by atoms with Crippen LogP contribution in [0.4, 0.5) is 5.69 Å². The third-order valence-corrected chi connectivity index (χ3v) is 3.93. The van der Waals surface area contributed by atoms with Crippen LogP contribution in [0, 0.1) is 17.0 Å². The number of hydrogen-bond donors (Lipinski definition) is 1. The number of nitro groups is 1. The number of halogens is 1. The molecule has 0 atom stereocenters. The Bertz CT molecular complexity index is 824. The zero-order valence-electron chi connectivity index (χ0n) is 10.7. The van der Waals surface area contributed by atoms with Gasteiger partial charge < -0.3 is 4.98 Å². The van der Waals surface area contributed by atoms with Crippen molar-refractivity contribution in [2.45, 2.75) is 6.92 Å². The molecule has 0 spiro atoms. The van der Waals surface area contributed by atoms with E-state index >= 15 is 0 Å². The first-order chi connectivity index (χ1) is 9.58. The van der Waals surface area contributed by atoms with Crippen molar-refractivity contribution in [3.8, 4) is 11.1 Å². The van der Waals surface area contributed by atoms with Crippen molar-refractivity contribution in [3.63, 3.8) is 0 Å². The average Bonchev–Trinajstić information content (AvgIpc) is 2.81. The summed E-state index contributed by atoms with van der Waals surface area (Å²) in [6, 6.07) is 11.1. The predicted octanol–water partition coefficient (Wildman–Crippen LogP) is 4.81. The van der Waals surface area contributed by atoms with Gasteiger partial charge in [0.15, 0.2) is 0 Å². The quantitative estimate of drug-likeness (QED) is 0.541. The maximum absolute atomic E-state index is 11.1. The number of nitrogens with zero attached hydrogens (tertiary/aromatic N) is 1. The molecule has 0 saturated heterocycles. The van der Waals surface area contributed by atoms with E-state index in [-0.39, 0.29) is 10.6 Å². The smallest absolute Gasteiger partial charge is 0.272 e. The van der Waals surface area contributed by atoms with Crippen molar-refractivity contribution in [2.75, 3.05) is 0 Å². The highest BCUT2D eigenvalue weighted by atomic mass is 79.9. The Hall–Kier alpha value is -2.14. The van der Waals surface area contributed by atoms with E-state index < -0.39 is 0 Å². The lowest BCUT2D eigenvalue weighted by Crippen LogP contribution is -1.93. The summed E-state index contributed by atoms with van der Waals surface area (Å²) < 4.78 is 0.980. The number of aromatic nitrogens is 1. The summed E-state index contributed by atoms with van der Waals surface area (Å²) in [5.41, 5.74) is 3.69. The second-order valence-electron chi connectivity index (χ2n) is 4.60. The van der Waals surface area contributed by atoms with Crippen LogP contribution in [0.15, 0.2) is 47.1 Å². The Morgan fingerprint density at radius 2 is 2.00 bits per heavy atom. The van der Waals surface area contributed by atoms with Crippen molar-refractivity contribution in [1.29, 1.82) is 0 Å². The Morgan fingerprint density at radius 3 is 2.75 bits per heavy atom. The van der Waals surface area contributed by atoms with Gasteiger partial charge in [-0.2, -0.15) is 0 Å². The van der Waals surface area contributed by atoms with Crippen molar-refractivity contribution < 1.29 is 4.92 Å². The zero-order chi connectivity index (χ0) is 14.3. The molecule has 1 N–H and O–H groups in total. The number of nitro benzene ring substituents is 1. The highest BCUT2D eigenvalue weighted by molar-refractivity contribution is 9.10. The Labute approximate surface area is 123 Å². The summed E-state index contributed by atoms with van der Waals surface area (Å²) in [7, 11) is 0. The van der Waals surface area contributed by atoms with Gasteiger partial charge >= 0.3 is 0 Å². The van der Waals surface area contributed by atoms with Crippen LogP contribution in [-0.2, 0) is 0 Å². The molecule has 5 heteroatoms. The van der Waals surface area contributed by atoms with E-state index in [9.17, 15) is 10.1 Å². The largest absolute Gasteiger partial charge is 0.361 e. The molecule has 3 rings (SSSR count). The average molecular weight is 331 g/mol. The van der Waals surface area contributed by atoms with Gasteiger partial charge in [-0.25, -0.2) is 0 Å². The fourth-order valence-corrected chi connectivity index (χ4v) is 2.79. The van der Waals surface area contributed by atoms with Crippen LogP contribution in [-0.4, -0.2) is 9.91 Å². The summed E-state index contributed by atoms with van der Waals surface area (Å²) >= 11 is 3.46. The summed E-state index contributed by atoms with van der Waals surface area (Å²) in [5, 5.41) is 12.1. The first kappa shape index (κ1) is 12.9. The molecule has 0 saturated carbocycles. The molecule has 0 aliphatic rings. The molecule has 0 fully saturated rings. The molecule has 4 nitrogen and oxygen atoms in total. The predicted molar refractivity (Wildman–Crippen MR) is 82.8 cm³/mol. The fraction of sp³-hybridized carbons (Fsp3) is 0.0667. The van der Waals surface area contributed by atoms with Gasteiger partial charge in [-0.05, 0) is 30.7 Å². The van der Waals surface area contributed by atoms with E-state index in [1.54, 1.807) is 13.0 Å². The van der Waals surface area contributed by atoms with Crippen LogP contribution >= 0.6 is 15.9 Å². The minimum atomic E-state index is -0.344. The summed E-state index contributed by atoms with van der Waals surface area (Å²) in [6.07, 6.45) is 1.89. The molecule has 100 valence electrons. The number of aromatic amines is 1. The van der Waals surface area contributed by atoms with Crippen LogP contribution in [0.1, 0.15) is 5.56 Å². The summed E-state index contributed by atoms with van der Waals surface area (Å²) in [4.78, 5) is 13.9. The molecule has 2 aromatic carbocycles. The van der Waals surface area contributed by atoms with Crippen molar-refractivity contribution >= 4 is 32.5 Å². The minimum Gasteiger partial charge on any atom is -0.361 e. The van der Waals surface area contributed by atoms with Crippen molar-refractivity contribution in [1.82, 2.24) is 4.98 Å². The minimum absolute atomic E-state index is 0.145. The lowest BCUT2D eigenvalue weighted by molar-refractivity contribution is -0.385. The molecule has 0 aliphatic heterocycles. The first-order valence-electron chi connectivity index (χ1n) is 6.09. The van der Waals surface area contributed by atoms with Gasteiger partial charge in [0.2, 0.25) is 0 Å². The van der Waals surface area contributed by atoms with Gasteiger partial charge in [-0.15, -0.1) is 0 Å². The van der Waals surface area contributed by atoms with E-state index in [0.717, 1.165) is 26.5 Å². The third-order valence-electron chi connectivity index (χ3n) is 3.44. The van der Waals surface area contributed by atoms with Gasteiger partial charge in [0.05, 0.1) is 4.92 Å². The van der Waals surface area contributed by atoms with Crippen LogP contribution < -0.4 is 0 Å². The van der Waals surface area contributed by atoms with E-state index in [2.05, 4.69) is 20.9 Å². The van der Waals surface area contributed by atoms with Gasteiger partial charge in [0, 0.05) is 38.8 Å². The maximum atomic E-state index is 11.1. The fourth-order valence-electron chi connectivity index (χ4n) is 2.43. The van der Waals surface area contributed by atoms with E-state index in [0.29, 0.717) is 5.56 Å². The second kappa shape index (κ2) is 4.76. The standard InChI is InChI=1S/C15H11BrN2O2/c1-9-11(3-2-4-15(9)18(19)20)13-8-17-14-6-5-10(16)7-12(13)14/h2-8,17H,1H3. The molecule has 1 aromatic heterocycles. The molecule has 0 amide bonds. The molecule has 0 aliphatic carbocycles. The molecule has 0 radical (unpaired) electrons. The van der Waals surface area contributed by atoms with Gasteiger partial charge in [-0.1, -0.05) is 28.1 Å². The SMILES string of the molecule is Cc1c(-c2c[nH]c3ccc(Br)cc23)cccc1[N+](=O)[O-]. The van der Waals surface area contributed by atoms with Crippen molar-refractivity contribution in [3.05, 3.63) is 62.7 Å². The van der Waals surface area contributed by atoms with Gasteiger partial charge in [0.25, 0.3) is 5.69 Å². The Morgan fingerprint density at radius 1 is 1.20 bits per heavy atom. The molecule has 0 bridgehead atoms. The van der Waals surface area contributed by atoms with Crippen molar-refractivity contribution in [2.24, 2.45) is 0 Å². The van der Waals surface area contributed by atoms with E-state index in [1.165, 1.54) is 6.07 Å². The lowest BCUT2D eigenvalue weighted by Gasteiger charge is -2.05. The number of benzene rings is 2. The van der Waals surface area contributed by atoms with Crippen LogP contribution in [0.5, 0.6) is 0 Å². The number of rotatable bonds is 2. The normalized spacial score (nSPS) is 10.9. The maximum Gasteiger partial charge on any atom is 0.272 e. The molecular weight excluding hydrogens is 320 g/mol. The Kier molecular flexibility index (Phi) is 3.06. The highest BCUT2D eigenvalue weighted by Crippen LogP contribution is 2.35. The van der Waals surface area contributed by atoms with Gasteiger partial charge in [-0.3, -0.25) is 10.1 Å². The summed E-state index contributed by atoms with van der Waals surface area (Å²) in [5.74, 6) is 0. The number of fused-ring (bicyclic) bond motifs is 1. The van der Waals surface area contributed by atoms with Crippen LogP contribution in [0.2, 0.25) is 0 Å². The lowest BCUT2D eigenvalue weighted by atomic mass is 9.99. The van der Waals surface area contributed by atoms with Crippen LogP contribution in [0.25, 0.3) is 22.0 Å². The molecular formula is C15H11BrN2O2. The number of nitrogens with one attached hydrogen (secondary N) is 1. The second-order valence-corrected chi connectivity index (χ2v) is 5.51. The zero-order valence-corrected chi connectivity index (χ0v) is 12.3. The highest BCUT2D eigenvalue weighted by Gasteiger charge is 2.16. The van der Waals surface area contributed by atoms with Crippen LogP contribution in [0.3, 0.4) is 0 Å². The van der Waals surface area contributed by atoms with E-state index in [1.807, 2.05) is 30.5 Å². The topological polar surface area (TPSA) is 58.9 Å². The first-order valence-corrected chi connectivity index (χ1v) is 6.88. The van der Waals surface area contributed by atoms with Gasteiger partial charge in [0.1, 0.15) is 0 Å². The third kappa shape index (κ3) is 2.00. The summed E-state index contributed by atoms with van der Waals surface area (Å²) in [6.45, 7) is 1.78. The van der Waals surface area contributed by atoms with E-state index in [4.69, 9.17) is 0 Å². The Balaban J connectivity index is 2.28. The molecule has 0 unspecified atom stereocenters. The molecule has 20 heavy (non-hydrogen) atoms. The number of H-pyrrole nitrogens is 1. The monoisotopic (exact) mass is 330 g/mol. The molecule has 3 aromatic rings.